The Morgan fingerprint density at radius 3 is 2.60 bits per heavy atom. The van der Waals surface area contributed by atoms with Crippen LogP contribution in [0.15, 0.2) is 59.2 Å². The average molecular weight is 324 g/mol. The van der Waals surface area contributed by atoms with E-state index in [1.54, 1.807) is 6.20 Å². The van der Waals surface area contributed by atoms with Gasteiger partial charge in [0.2, 0.25) is 5.78 Å². The number of nitrogens with one attached hydrogen (secondary N) is 1. The minimum Gasteiger partial charge on any atom is -0.360 e. The van der Waals surface area contributed by atoms with Gasteiger partial charge in [0.25, 0.3) is 0 Å². The van der Waals surface area contributed by atoms with Gasteiger partial charge < -0.3 is 4.98 Å². The van der Waals surface area contributed by atoms with Crippen LogP contribution in [0.25, 0.3) is 10.9 Å². The maximum absolute atomic E-state index is 12.2. The van der Waals surface area contributed by atoms with Crippen LogP contribution in [0.4, 0.5) is 0 Å². The Kier molecular flexibility index (Phi) is 3.41. The van der Waals surface area contributed by atoms with Crippen LogP contribution in [0.2, 0.25) is 0 Å². The SMILES string of the molecule is O=C(C#Cc1ccc(Br)cc1)c1c[nH]c2ccccc12. The number of benzene rings is 2. The van der Waals surface area contributed by atoms with Crippen molar-refractivity contribution < 1.29 is 4.79 Å². The summed E-state index contributed by atoms with van der Waals surface area (Å²) in [5, 5.41) is 0.905. The van der Waals surface area contributed by atoms with Crippen molar-refractivity contribution >= 4 is 32.6 Å². The fourth-order valence-corrected chi connectivity index (χ4v) is 2.25. The zero-order chi connectivity index (χ0) is 13.9. The number of carbonyl (C=O) groups excluding carboxylic acids is 1. The van der Waals surface area contributed by atoms with Crippen LogP contribution in [-0.2, 0) is 0 Å². The van der Waals surface area contributed by atoms with E-state index >= 15 is 0 Å². The van der Waals surface area contributed by atoms with Crippen molar-refractivity contribution in [3.8, 4) is 11.8 Å². The van der Waals surface area contributed by atoms with Gasteiger partial charge in [-0.25, -0.2) is 0 Å². The third kappa shape index (κ3) is 2.52. The molecule has 1 aromatic heterocycles. The Labute approximate surface area is 125 Å². The van der Waals surface area contributed by atoms with Crippen LogP contribution in [0.3, 0.4) is 0 Å². The van der Waals surface area contributed by atoms with E-state index in [-0.39, 0.29) is 5.78 Å². The monoisotopic (exact) mass is 323 g/mol. The first-order valence-corrected chi connectivity index (χ1v) is 6.91. The number of halogens is 1. The largest absolute Gasteiger partial charge is 0.360 e. The normalized spacial score (nSPS) is 10.1. The van der Waals surface area contributed by atoms with Gasteiger partial charge in [-0.15, -0.1) is 0 Å². The number of rotatable bonds is 1. The second-order valence-electron chi connectivity index (χ2n) is 4.33. The van der Waals surface area contributed by atoms with Crippen molar-refractivity contribution in [1.82, 2.24) is 4.98 Å². The number of aromatic amines is 1. The van der Waals surface area contributed by atoms with Gasteiger partial charge in [0.05, 0.1) is 5.56 Å². The van der Waals surface area contributed by atoms with Gasteiger partial charge in [-0.3, -0.25) is 4.79 Å². The zero-order valence-electron chi connectivity index (χ0n) is 10.5. The van der Waals surface area contributed by atoms with Crippen LogP contribution in [-0.4, -0.2) is 10.8 Å². The van der Waals surface area contributed by atoms with E-state index in [0.29, 0.717) is 5.56 Å². The highest BCUT2D eigenvalue weighted by Crippen LogP contribution is 2.17. The molecule has 3 rings (SSSR count). The van der Waals surface area contributed by atoms with Crippen molar-refractivity contribution in [3.63, 3.8) is 0 Å². The van der Waals surface area contributed by atoms with Crippen molar-refractivity contribution in [3.05, 3.63) is 70.3 Å². The predicted octanol–water partition coefficient (Wildman–Crippen LogP) is 4.16. The lowest BCUT2D eigenvalue weighted by Gasteiger charge is -1.92. The van der Waals surface area contributed by atoms with Crippen LogP contribution in [0.1, 0.15) is 15.9 Å². The average Bonchev–Trinajstić information content (AvgIpc) is 2.90. The van der Waals surface area contributed by atoms with Gasteiger partial charge in [-0.2, -0.15) is 0 Å². The van der Waals surface area contributed by atoms with Gasteiger partial charge in [0, 0.05) is 27.1 Å². The number of Topliss-reactive ketones (excluding diaryl/α,β-unsaturated/α-hetero) is 1. The quantitative estimate of drug-likeness (QED) is 0.529. The van der Waals surface area contributed by atoms with Crippen LogP contribution in [0, 0.1) is 11.8 Å². The van der Waals surface area contributed by atoms with E-state index in [4.69, 9.17) is 0 Å². The Morgan fingerprint density at radius 1 is 1.05 bits per heavy atom. The number of carbonyl (C=O) groups is 1. The second kappa shape index (κ2) is 5.36. The van der Waals surface area contributed by atoms with E-state index in [1.165, 1.54) is 0 Å². The lowest BCUT2D eigenvalue weighted by atomic mass is 10.1. The molecular weight excluding hydrogens is 314 g/mol. The standard InChI is InChI=1S/C17H10BrNO/c18-13-8-5-12(6-9-13)7-10-17(20)15-11-19-16-4-2-1-3-14(15)16/h1-6,8-9,11,19H. The number of aromatic nitrogens is 1. The Bertz CT molecular complexity index is 835. The molecule has 0 spiro atoms. The van der Waals surface area contributed by atoms with Gasteiger partial charge in [0.15, 0.2) is 0 Å². The van der Waals surface area contributed by atoms with Crippen molar-refractivity contribution in [1.29, 1.82) is 0 Å². The fraction of sp³-hybridized carbons (Fsp3) is 0. The smallest absolute Gasteiger partial charge is 0.238 e. The summed E-state index contributed by atoms with van der Waals surface area (Å²) in [6.45, 7) is 0. The minimum absolute atomic E-state index is 0.176. The minimum atomic E-state index is -0.176. The molecule has 3 aromatic rings. The number of fused-ring (bicyclic) bond motifs is 1. The molecule has 96 valence electrons. The van der Waals surface area contributed by atoms with Crippen LogP contribution in [0.5, 0.6) is 0 Å². The van der Waals surface area contributed by atoms with Gasteiger partial charge in [-0.1, -0.05) is 40.0 Å². The van der Waals surface area contributed by atoms with E-state index < -0.39 is 0 Å². The summed E-state index contributed by atoms with van der Waals surface area (Å²) in [5.41, 5.74) is 2.38. The molecule has 0 saturated carbocycles. The zero-order valence-corrected chi connectivity index (χ0v) is 12.1. The summed E-state index contributed by atoms with van der Waals surface area (Å²) in [6.07, 6.45) is 1.71. The summed E-state index contributed by atoms with van der Waals surface area (Å²) in [6, 6.07) is 15.3. The molecule has 0 radical (unpaired) electrons. The molecule has 0 aliphatic heterocycles. The maximum Gasteiger partial charge on any atom is 0.238 e. The molecule has 0 unspecified atom stereocenters. The Morgan fingerprint density at radius 2 is 1.80 bits per heavy atom. The molecule has 0 atom stereocenters. The molecule has 0 amide bonds. The molecule has 0 bridgehead atoms. The highest BCUT2D eigenvalue weighted by molar-refractivity contribution is 9.10. The second-order valence-corrected chi connectivity index (χ2v) is 5.25. The molecular formula is C17H10BrNO. The highest BCUT2D eigenvalue weighted by Gasteiger charge is 2.08. The molecule has 2 nitrogen and oxygen atoms in total. The summed E-state index contributed by atoms with van der Waals surface area (Å²) in [7, 11) is 0. The molecule has 20 heavy (non-hydrogen) atoms. The lowest BCUT2D eigenvalue weighted by Crippen LogP contribution is -1.93. The van der Waals surface area contributed by atoms with E-state index in [9.17, 15) is 4.79 Å². The predicted molar refractivity (Wildman–Crippen MR) is 83.6 cm³/mol. The van der Waals surface area contributed by atoms with Crippen LogP contribution < -0.4 is 0 Å². The highest BCUT2D eigenvalue weighted by atomic mass is 79.9. The molecule has 3 heteroatoms. The fourth-order valence-electron chi connectivity index (χ4n) is 1.99. The topological polar surface area (TPSA) is 32.9 Å². The summed E-state index contributed by atoms with van der Waals surface area (Å²) in [5.74, 6) is 5.40. The maximum atomic E-state index is 12.2. The van der Waals surface area contributed by atoms with E-state index in [2.05, 4.69) is 32.8 Å². The van der Waals surface area contributed by atoms with Crippen LogP contribution >= 0.6 is 15.9 Å². The molecule has 0 aliphatic carbocycles. The number of ketones is 1. The van der Waals surface area contributed by atoms with Crippen molar-refractivity contribution in [2.75, 3.05) is 0 Å². The molecule has 2 aromatic carbocycles. The third-order valence-corrected chi connectivity index (χ3v) is 3.53. The first-order valence-electron chi connectivity index (χ1n) is 6.12. The third-order valence-electron chi connectivity index (χ3n) is 3.00. The number of hydrogen-bond donors (Lipinski definition) is 1. The summed E-state index contributed by atoms with van der Waals surface area (Å²) >= 11 is 3.36. The number of para-hydroxylation sites is 1. The van der Waals surface area contributed by atoms with Gasteiger partial charge in [-0.05, 0) is 36.3 Å². The van der Waals surface area contributed by atoms with E-state index in [1.807, 2.05) is 48.5 Å². The lowest BCUT2D eigenvalue weighted by molar-refractivity contribution is 0.105. The molecule has 0 saturated heterocycles. The van der Waals surface area contributed by atoms with Crippen molar-refractivity contribution in [2.24, 2.45) is 0 Å². The molecule has 0 aliphatic rings. The van der Waals surface area contributed by atoms with Gasteiger partial charge in [0.1, 0.15) is 0 Å². The first-order chi connectivity index (χ1) is 9.74. The molecule has 1 N–H and O–H groups in total. The summed E-state index contributed by atoms with van der Waals surface area (Å²) < 4.78 is 0.992. The van der Waals surface area contributed by atoms with Gasteiger partial charge >= 0.3 is 0 Å². The van der Waals surface area contributed by atoms with E-state index in [0.717, 1.165) is 20.9 Å². The summed E-state index contributed by atoms with van der Waals surface area (Å²) in [4.78, 5) is 15.2. The number of hydrogen-bond acceptors (Lipinski definition) is 1. The first kappa shape index (κ1) is 12.7. The Balaban J connectivity index is 1.92. The molecule has 1 heterocycles. The number of H-pyrrole nitrogens is 1. The molecule has 0 fully saturated rings. The Hall–Kier alpha value is -2.31. The van der Waals surface area contributed by atoms with Crippen molar-refractivity contribution in [2.45, 2.75) is 0 Å².